The molecule has 2 heterocycles. The number of rotatable bonds is 2. The summed E-state index contributed by atoms with van der Waals surface area (Å²) < 4.78 is 1.57. The number of nitrogens with one attached hydrogen (secondary N) is 1. The monoisotopic (exact) mass is 278 g/mol. The predicted molar refractivity (Wildman–Crippen MR) is 76.7 cm³/mol. The first-order valence-corrected chi connectivity index (χ1v) is 6.93. The van der Waals surface area contributed by atoms with Crippen LogP contribution in [0.25, 0.3) is 0 Å². The van der Waals surface area contributed by atoms with Crippen LogP contribution in [0.2, 0.25) is 0 Å². The Balaban J connectivity index is 2.18. The minimum Gasteiger partial charge on any atom is -0.296 e. The average Bonchev–Trinajstić information content (AvgIpc) is 2.85. The number of aromatic nitrogens is 3. The topological polar surface area (TPSA) is 59.8 Å². The number of nitrogens with zero attached hydrogens (tertiary/aromatic N) is 3. The molecule has 0 aliphatic heterocycles. The largest absolute Gasteiger partial charge is 0.296 e. The molecule has 2 aromatic rings. The van der Waals surface area contributed by atoms with Crippen molar-refractivity contribution in [1.82, 2.24) is 14.8 Å². The molecule has 0 aromatic carbocycles. The fourth-order valence-electron chi connectivity index (χ4n) is 1.71. The number of anilines is 1. The summed E-state index contributed by atoms with van der Waals surface area (Å²) in [5, 5.41) is 9.49. The lowest BCUT2D eigenvalue weighted by Gasteiger charge is -2.14. The van der Waals surface area contributed by atoms with Crippen LogP contribution >= 0.6 is 11.3 Å². The Morgan fingerprint density at radius 1 is 1.42 bits per heavy atom. The SMILES string of the molecule is Cc1cnn(C)c1C(=O)Nc1nc(C(C)(C)C)cs1. The van der Waals surface area contributed by atoms with Gasteiger partial charge in [0, 0.05) is 17.8 Å². The molecule has 0 spiro atoms. The zero-order valence-corrected chi connectivity index (χ0v) is 12.6. The van der Waals surface area contributed by atoms with Crippen molar-refractivity contribution in [2.24, 2.45) is 7.05 Å². The lowest BCUT2D eigenvalue weighted by Crippen LogP contribution is -2.18. The van der Waals surface area contributed by atoms with E-state index in [1.165, 1.54) is 11.3 Å². The van der Waals surface area contributed by atoms with Gasteiger partial charge in [-0.3, -0.25) is 14.8 Å². The van der Waals surface area contributed by atoms with E-state index in [0.717, 1.165) is 11.3 Å². The average molecular weight is 278 g/mol. The number of thiazole rings is 1. The first-order valence-electron chi connectivity index (χ1n) is 6.05. The van der Waals surface area contributed by atoms with E-state index in [0.29, 0.717) is 10.8 Å². The quantitative estimate of drug-likeness (QED) is 0.919. The van der Waals surface area contributed by atoms with Gasteiger partial charge >= 0.3 is 0 Å². The molecule has 0 bridgehead atoms. The normalized spacial score (nSPS) is 11.6. The summed E-state index contributed by atoms with van der Waals surface area (Å²) in [5.74, 6) is -0.174. The van der Waals surface area contributed by atoms with E-state index in [2.05, 4.69) is 36.2 Å². The van der Waals surface area contributed by atoms with Crippen LogP contribution in [0.3, 0.4) is 0 Å². The van der Waals surface area contributed by atoms with Gasteiger partial charge < -0.3 is 0 Å². The maximum atomic E-state index is 12.2. The smallest absolute Gasteiger partial charge is 0.275 e. The third kappa shape index (κ3) is 2.84. The molecule has 6 heteroatoms. The Morgan fingerprint density at radius 2 is 2.11 bits per heavy atom. The molecular weight excluding hydrogens is 260 g/mol. The van der Waals surface area contributed by atoms with Crippen molar-refractivity contribution >= 4 is 22.4 Å². The summed E-state index contributed by atoms with van der Waals surface area (Å²) >= 11 is 1.44. The van der Waals surface area contributed by atoms with Gasteiger partial charge in [0.1, 0.15) is 5.69 Å². The molecule has 0 radical (unpaired) electrons. The molecule has 0 aliphatic carbocycles. The highest BCUT2D eigenvalue weighted by molar-refractivity contribution is 7.14. The van der Waals surface area contributed by atoms with E-state index in [4.69, 9.17) is 0 Å². The lowest BCUT2D eigenvalue weighted by molar-refractivity contribution is 0.101. The Morgan fingerprint density at radius 3 is 2.58 bits per heavy atom. The van der Waals surface area contributed by atoms with E-state index in [9.17, 15) is 4.79 Å². The van der Waals surface area contributed by atoms with Crippen molar-refractivity contribution in [2.75, 3.05) is 5.32 Å². The van der Waals surface area contributed by atoms with Crippen LogP contribution in [0.5, 0.6) is 0 Å². The molecule has 102 valence electrons. The van der Waals surface area contributed by atoms with Crippen molar-refractivity contribution in [3.8, 4) is 0 Å². The Labute approximate surface area is 116 Å². The van der Waals surface area contributed by atoms with Crippen molar-refractivity contribution in [2.45, 2.75) is 33.1 Å². The summed E-state index contributed by atoms with van der Waals surface area (Å²) in [6.07, 6.45) is 1.68. The van der Waals surface area contributed by atoms with Crippen molar-refractivity contribution < 1.29 is 4.79 Å². The van der Waals surface area contributed by atoms with E-state index in [1.54, 1.807) is 17.9 Å². The highest BCUT2D eigenvalue weighted by atomic mass is 32.1. The molecule has 0 saturated heterocycles. The summed E-state index contributed by atoms with van der Waals surface area (Å²) in [7, 11) is 1.75. The van der Waals surface area contributed by atoms with Gasteiger partial charge in [-0.25, -0.2) is 4.98 Å². The third-order valence-electron chi connectivity index (χ3n) is 2.83. The second kappa shape index (κ2) is 4.77. The zero-order valence-electron chi connectivity index (χ0n) is 11.8. The zero-order chi connectivity index (χ0) is 14.2. The van der Waals surface area contributed by atoms with Gasteiger partial charge in [0.2, 0.25) is 0 Å². The Hall–Kier alpha value is -1.69. The van der Waals surface area contributed by atoms with E-state index in [-0.39, 0.29) is 11.3 Å². The van der Waals surface area contributed by atoms with Crippen molar-refractivity contribution in [3.05, 3.63) is 28.5 Å². The fourth-order valence-corrected chi connectivity index (χ4v) is 2.64. The van der Waals surface area contributed by atoms with Gasteiger partial charge in [0.15, 0.2) is 5.13 Å². The van der Waals surface area contributed by atoms with E-state index in [1.807, 2.05) is 12.3 Å². The molecular formula is C13H18N4OS. The van der Waals surface area contributed by atoms with Crippen LogP contribution in [0.1, 0.15) is 42.5 Å². The number of amides is 1. The third-order valence-corrected chi connectivity index (χ3v) is 3.59. The van der Waals surface area contributed by atoms with Gasteiger partial charge in [-0.05, 0) is 12.5 Å². The predicted octanol–water partition coefficient (Wildman–Crippen LogP) is 2.73. The first-order chi connectivity index (χ1) is 8.79. The van der Waals surface area contributed by atoms with Crippen LogP contribution in [-0.4, -0.2) is 20.7 Å². The van der Waals surface area contributed by atoms with E-state index >= 15 is 0 Å². The Kier molecular flexibility index (Phi) is 3.45. The van der Waals surface area contributed by atoms with Crippen LogP contribution < -0.4 is 5.32 Å². The second-order valence-electron chi connectivity index (χ2n) is 5.54. The van der Waals surface area contributed by atoms with Crippen LogP contribution in [0.4, 0.5) is 5.13 Å². The van der Waals surface area contributed by atoms with Crippen LogP contribution in [-0.2, 0) is 12.5 Å². The number of carbonyl (C=O) groups is 1. The lowest BCUT2D eigenvalue weighted by atomic mass is 9.93. The highest BCUT2D eigenvalue weighted by Crippen LogP contribution is 2.26. The molecule has 0 atom stereocenters. The number of aryl methyl sites for hydroxylation is 2. The minimum atomic E-state index is -0.174. The first kappa shape index (κ1) is 13.7. The molecule has 0 saturated carbocycles. The molecule has 0 unspecified atom stereocenters. The molecule has 0 fully saturated rings. The summed E-state index contributed by atoms with van der Waals surface area (Å²) in [5.41, 5.74) is 2.39. The van der Waals surface area contributed by atoms with Crippen LogP contribution in [0.15, 0.2) is 11.6 Å². The van der Waals surface area contributed by atoms with Crippen LogP contribution in [0, 0.1) is 6.92 Å². The molecule has 1 amide bonds. The number of hydrogen-bond donors (Lipinski definition) is 1. The maximum absolute atomic E-state index is 12.2. The van der Waals surface area contributed by atoms with Crippen molar-refractivity contribution in [3.63, 3.8) is 0 Å². The van der Waals surface area contributed by atoms with Gasteiger partial charge in [0.25, 0.3) is 5.91 Å². The maximum Gasteiger partial charge on any atom is 0.275 e. The second-order valence-corrected chi connectivity index (χ2v) is 6.40. The fraction of sp³-hybridized carbons (Fsp3) is 0.462. The highest BCUT2D eigenvalue weighted by Gasteiger charge is 2.20. The molecule has 5 nitrogen and oxygen atoms in total. The van der Waals surface area contributed by atoms with E-state index < -0.39 is 0 Å². The summed E-state index contributed by atoms with van der Waals surface area (Å²) in [6, 6.07) is 0. The molecule has 2 aromatic heterocycles. The number of carbonyl (C=O) groups excluding carboxylic acids is 1. The number of hydrogen-bond acceptors (Lipinski definition) is 4. The van der Waals surface area contributed by atoms with Gasteiger partial charge in [0.05, 0.1) is 11.9 Å². The molecule has 19 heavy (non-hydrogen) atoms. The Bertz CT molecular complexity index is 587. The summed E-state index contributed by atoms with van der Waals surface area (Å²) in [6.45, 7) is 8.15. The van der Waals surface area contributed by atoms with Gasteiger partial charge in [-0.15, -0.1) is 11.3 Å². The molecule has 2 rings (SSSR count). The van der Waals surface area contributed by atoms with Gasteiger partial charge in [-0.2, -0.15) is 5.10 Å². The minimum absolute atomic E-state index is 0.0120. The van der Waals surface area contributed by atoms with Crippen molar-refractivity contribution in [1.29, 1.82) is 0 Å². The molecule has 1 N–H and O–H groups in total. The summed E-state index contributed by atoms with van der Waals surface area (Å²) in [4.78, 5) is 16.6. The van der Waals surface area contributed by atoms with Gasteiger partial charge in [-0.1, -0.05) is 20.8 Å². The molecule has 0 aliphatic rings. The standard InChI is InChI=1S/C13H18N4OS/c1-8-6-14-17(5)10(8)11(18)16-12-15-9(7-19-12)13(2,3)4/h6-7H,1-5H3,(H,15,16,18).